The van der Waals surface area contributed by atoms with Gasteiger partial charge in [0.05, 0.1) is 17.6 Å². The second kappa shape index (κ2) is 10.7. The molecule has 1 amide bonds. The topological polar surface area (TPSA) is 119 Å². The first-order chi connectivity index (χ1) is 19.3. The standard InChI is InChI=1S/C29H31ClFN5O5/c1-29(2,3)41-28(40)32-19-6-5-11-35(15-19)27-33-23-20-13-16(26(38)39)7-10-22(20)34(4)25(37)24(23)36(27)14-17-12-18(31)8-9-21(17)30/h7-10,12-13,19H,5-6,11,14-15H2,1-4H3,(H,32,40)(H,38,39)/t19-/m1/s1. The number of alkyl carbamates (subject to hydrolysis) is 1. The number of hydrogen-bond acceptors (Lipinski definition) is 6. The van der Waals surface area contributed by atoms with Gasteiger partial charge in [-0.25, -0.2) is 19.0 Å². The molecule has 0 spiro atoms. The van der Waals surface area contributed by atoms with E-state index >= 15 is 0 Å². The van der Waals surface area contributed by atoms with Crippen LogP contribution in [0.5, 0.6) is 0 Å². The van der Waals surface area contributed by atoms with Crippen LogP contribution in [0.2, 0.25) is 5.02 Å². The number of carboxylic acids is 1. The summed E-state index contributed by atoms with van der Waals surface area (Å²) in [5, 5.41) is 13.4. The van der Waals surface area contributed by atoms with Crippen LogP contribution in [0, 0.1) is 5.82 Å². The first kappa shape index (κ1) is 28.4. The van der Waals surface area contributed by atoms with Crippen molar-refractivity contribution in [2.24, 2.45) is 7.05 Å². The van der Waals surface area contributed by atoms with Crippen molar-refractivity contribution < 1.29 is 23.8 Å². The molecule has 5 rings (SSSR count). The summed E-state index contributed by atoms with van der Waals surface area (Å²) in [6.07, 6.45) is 0.926. The Morgan fingerprint density at radius 2 is 1.98 bits per heavy atom. The molecule has 10 nitrogen and oxygen atoms in total. The minimum Gasteiger partial charge on any atom is -0.478 e. The van der Waals surface area contributed by atoms with Crippen molar-refractivity contribution in [1.29, 1.82) is 0 Å². The molecule has 12 heteroatoms. The molecule has 1 atom stereocenters. The van der Waals surface area contributed by atoms with Crippen LogP contribution >= 0.6 is 11.6 Å². The van der Waals surface area contributed by atoms with Gasteiger partial charge in [0.15, 0.2) is 0 Å². The summed E-state index contributed by atoms with van der Waals surface area (Å²) in [5.41, 5.74) is 0.608. The minimum atomic E-state index is -1.10. The number of rotatable bonds is 5. The predicted molar refractivity (Wildman–Crippen MR) is 155 cm³/mol. The number of aryl methyl sites for hydroxylation is 1. The first-order valence-electron chi connectivity index (χ1n) is 13.3. The van der Waals surface area contributed by atoms with Crippen LogP contribution in [0.1, 0.15) is 49.5 Å². The third-order valence-electron chi connectivity index (χ3n) is 7.08. The smallest absolute Gasteiger partial charge is 0.407 e. The maximum absolute atomic E-state index is 14.2. The SMILES string of the molecule is Cn1c(=O)c2c(nc(N3CCC[C@@H](NC(=O)OC(C)(C)C)C3)n2Cc2cc(F)ccc2Cl)c2cc(C(=O)O)ccc21. The Kier molecular flexibility index (Phi) is 7.41. The summed E-state index contributed by atoms with van der Waals surface area (Å²) in [6, 6.07) is 8.31. The number of amides is 1. The number of ether oxygens (including phenoxy) is 1. The number of aromatic nitrogens is 3. The lowest BCUT2D eigenvalue weighted by Crippen LogP contribution is -2.49. The number of carbonyl (C=O) groups is 2. The van der Waals surface area contributed by atoms with Gasteiger partial charge in [-0.2, -0.15) is 0 Å². The van der Waals surface area contributed by atoms with Crippen LogP contribution in [0.3, 0.4) is 0 Å². The summed E-state index contributed by atoms with van der Waals surface area (Å²) >= 11 is 6.43. The number of anilines is 1. The molecule has 1 fully saturated rings. The second-order valence-corrected chi connectivity index (χ2v) is 11.7. The molecule has 216 valence electrons. The van der Waals surface area contributed by atoms with Gasteiger partial charge in [0.25, 0.3) is 5.56 Å². The van der Waals surface area contributed by atoms with E-state index in [1.807, 2.05) is 4.90 Å². The van der Waals surface area contributed by atoms with E-state index < -0.39 is 23.5 Å². The van der Waals surface area contributed by atoms with Crippen LogP contribution in [-0.2, 0) is 18.3 Å². The molecular weight excluding hydrogens is 553 g/mol. The average molecular weight is 584 g/mol. The summed E-state index contributed by atoms with van der Waals surface area (Å²) < 4.78 is 22.8. The van der Waals surface area contributed by atoms with Gasteiger partial charge in [0, 0.05) is 36.6 Å². The van der Waals surface area contributed by atoms with Crippen molar-refractivity contribution in [3.05, 3.63) is 68.7 Å². The molecule has 0 unspecified atom stereocenters. The zero-order chi connectivity index (χ0) is 29.6. The molecule has 41 heavy (non-hydrogen) atoms. The number of hydrogen-bond donors (Lipinski definition) is 2. The van der Waals surface area contributed by atoms with E-state index in [1.165, 1.54) is 34.9 Å². The van der Waals surface area contributed by atoms with Crippen LogP contribution < -0.4 is 15.8 Å². The number of benzene rings is 2. The maximum Gasteiger partial charge on any atom is 0.407 e. The number of nitrogens with zero attached hydrogens (tertiary/aromatic N) is 4. The maximum atomic E-state index is 14.2. The second-order valence-electron chi connectivity index (χ2n) is 11.3. The van der Waals surface area contributed by atoms with Gasteiger partial charge in [0.2, 0.25) is 5.95 Å². The van der Waals surface area contributed by atoms with E-state index in [0.29, 0.717) is 46.0 Å². The molecule has 1 aliphatic rings. The van der Waals surface area contributed by atoms with Crippen LogP contribution in [0.15, 0.2) is 41.2 Å². The summed E-state index contributed by atoms with van der Waals surface area (Å²) in [4.78, 5) is 44.9. The normalized spacial score (nSPS) is 15.9. The number of fused-ring (bicyclic) bond motifs is 3. The number of carboxylic acid groups (broad SMARTS) is 1. The van der Waals surface area contributed by atoms with E-state index in [0.717, 1.165) is 12.8 Å². The third-order valence-corrected chi connectivity index (χ3v) is 7.44. The lowest BCUT2D eigenvalue weighted by molar-refractivity contribution is 0.0499. The molecule has 0 bridgehead atoms. The molecular formula is C29H31ClFN5O5. The highest BCUT2D eigenvalue weighted by Gasteiger charge is 2.29. The van der Waals surface area contributed by atoms with Gasteiger partial charge in [-0.05, 0) is 75.6 Å². The Bertz CT molecular complexity index is 1740. The Balaban J connectivity index is 1.67. The van der Waals surface area contributed by atoms with Gasteiger partial charge < -0.3 is 29.2 Å². The summed E-state index contributed by atoms with van der Waals surface area (Å²) in [5.74, 6) is -1.15. The van der Waals surface area contributed by atoms with Crippen molar-refractivity contribution >= 4 is 51.5 Å². The fourth-order valence-corrected chi connectivity index (χ4v) is 5.42. The molecule has 1 saturated heterocycles. The Morgan fingerprint density at radius 3 is 2.68 bits per heavy atom. The highest BCUT2D eigenvalue weighted by molar-refractivity contribution is 6.31. The number of pyridine rings is 1. The van der Waals surface area contributed by atoms with E-state index in [1.54, 1.807) is 38.5 Å². The van der Waals surface area contributed by atoms with Gasteiger partial charge in [0.1, 0.15) is 22.5 Å². The van der Waals surface area contributed by atoms with Crippen LogP contribution in [0.25, 0.3) is 21.9 Å². The van der Waals surface area contributed by atoms with Gasteiger partial charge in [-0.15, -0.1) is 0 Å². The lowest BCUT2D eigenvalue weighted by Gasteiger charge is -2.34. The Labute approximate surface area is 240 Å². The zero-order valence-corrected chi connectivity index (χ0v) is 24.0. The number of imidazole rings is 1. The Morgan fingerprint density at radius 1 is 1.22 bits per heavy atom. The molecule has 0 saturated carbocycles. The first-order valence-corrected chi connectivity index (χ1v) is 13.6. The zero-order valence-electron chi connectivity index (χ0n) is 23.2. The minimum absolute atomic E-state index is 0.0441. The lowest BCUT2D eigenvalue weighted by atomic mass is 10.1. The van der Waals surface area contributed by atoms with Crippen molar-refractivity contribution in [1.82, 2.24) is 19.4 Å². The summed E-state index contributed by atoms with van der Waals surface area (Å²) in [6.45, 7) is 6.40. The molecule has 2 aromatic carbocycles. The molecule has 0 radical (unpaired) electrons. The largest absolute Gasteiger partial charge is 0.478 e. The number of piperidine rings is 1. The monoisotopic (exact) mass is 583 g/mol. The number of halogens is 2. The summed E-state index contributed by atoms with van der Waals surface area (Å²) in [7, 11) is 1.61. The van der Waals surface area contributed by atoms with Crippen LogP contribution in [-0.4, -0.2) is 56.0 Å². The highest BCUT2D eigenvalue weighted by atomic mass is 35.5. The van der Waals surface area contributed by atoms with Crippen molar-refractivity contribution in [3.8, 4) is 0 Å². The fraction of sp³-hybridized carbons (Fsp3) is 0.379. The number of nitrogens with one attached hydrogen (secondary N) is 1. The van der Waals surface area contributed by atoms with Crippen molar-refractivity contribution in [2.75, 3.05) is 18.0 Å². The number of carbonyl (C=O) groups excluding carboxylic acids is 1. The quantitative estimate of drug-likeness (QED) is 0.342. The number of aromatic carboxylic acids is 1. The fourth-order valence-electron chi connectivity index (χ4n) is 5.24. The third kappa shape index (κ3) is 5.72. The molecule has 4 aromatic rings. The van der Waals surface area contributed by atoms with Gasteiger partial charge in [-0.1, -0.05) is 11.6 Å². The highest BCUT2D eigenvalue weighted by Crippen LogP contribution is 2.31. The van der Waals surface area contributed by atoms with E-state index in [9.17, 15) is 23.9 Å². The molecule has 1 aliphatic heterocycles. The Hall–Kier alpha value is -4.12. The molecule has 2 N–H and O–H groups in total. The average Bonchev–Trinajstić information content (AvgIpc) is 3.27. The van der Waals surface area contributed by atoms with E-state index in [-0.39, 0.29) is 29.2 Å². The molecule has 3 heterocycles. The molecule has 2 aromatic heterocycles. The molecule has 0 aliphatic carbocycles. The van der Waals surface area contributed by atoms with Crippen molar-refractivity contribution in [2.45, 2.75) is 51.8 Å². The van der Waals surface area contributed by atoms with Crippen LogP contribution in [0.4, 0.5) is 15.1 Å². The van der Waals surface area contributed by atoms with Gasteiger partial charge >= 0.3 is 12.1 Å². The van der Waals surface area contributed by atoms with Gasteiger partial charge in [-0.3, -0.25) is 4.79 Å². The van der Waals surface area contributed by atoms with Crippen molar-refractivity contribution in [3.63, 3.8) is 0 Å². The van der Waals surface area contributed by atoms with E-state index in [4.69, 9.17) is 21.3 Å². The van der Waals surface area contributed by atoms with E-state index in [2.05, 4.69) is 5.32 Å². The predicted octanol–water partition coefficient (Wildman–Crippen LogP) is 4.92.